The first-order valence-corrected chi connectivity index (χ1v) is 6.21. The van der Waals surface area contributed by atoms with Gasteiger partial charge >= 0.3 is 0 Å². The summed E-state index contributed by atoms with van der Waals surface area (Å²) in [5.74, 6) is 0. The van der Waals surface area contributed by atoms with E-state index in [0.717, 1.165) is 17.2 Å². The quantitative estimate of drug-likeness (QED) is 0.873. The molecule has 0 fully saturated rings. The molecule has 0 amide bonds. The molecular formula is C13H16N2S. The molecule has 0 aliphatic heterocycles. The van der Waals surface area contributed by atoms with Crippen LogP contribution in [-0.2, 0) is 6.54 Å². The topological polar surface area (TPSA) is 24.9 Å². The van der Waals surface area contributed by atoms with Crippen LogP contribution in [0.15, 0.2) is 24.3 Å². The highest BCUT2D eigenvalue weighted by molar-refractivity contribution is 7.11. The van der Waals surface area contributed by atoms with Crippen LogP contribution < -0.4 is 5.32 Å². The van der Waals surface area contributed by atoms with Crippen molar-refractivity contribution in [2.75, 3.05) is 5.32 Å². The second kappa shape index (κ2) is 4.66. The van der Waals surface area contributed by atoms with Gasteiger partial charge < -0.3 is 5.32 Å². The summed E-state index contributed by atoms with van der Waals surface area (Å²) in [4.78, 5) is 5.82. The fourth-order valence-electron chi connectivity index (χ4n) is 1.56. The lowest BCUT2D eigenvalue weighted by Gasteiger charge is -2.06. The van der Waals surface area contributed by atoms with E-state index in [1.54, 1.807) is 11.3 Å². The zero-order valence-corrected chi connectivity index (χ0v) is 10.7. The summed E-state index contributed by atoms with van der Waals surface area (Å²) in [6, 6.07) is 8.31. The van der Waals surface area contributed by atoms with E-state index in [0.29, 0.717) is 0 Å². The van der Waals surface area contributed by atoms with E-state index in [1.165, 1.54) is 16.1 Å². The first-order chi connectivity index (χ1) is 7.66. The third kappa shape index (κ3) is 2.42. The van der Waals surface area contributed by atoms with E-state index < -0.39 is 0 Å². The second-order valence-corrected chi connectivity index (χ2v) is 5.21. The molecule has 3 heteroatoms. The predicted molar refractivity (Wildman–Crippen MR) is 70.1 cm³/mol. The van der Waals surface area contributed by atoms with Crippen LogP contribution in [0.3, 0.4) is 0 Å². The van der Waals surface area contributed by atoms with E-state index in [1.807, 2.05) is 6.07 Å². The fourth-order valence-corrected chi connectivity index (χ4v) is 2.43. The normalized spacial score (nSPS) is 10.4. The van der Waals surface area contributed by atoms with Crippen LogP contribution >= 0.6 is 11.3 Å². The molecular weight excluding hydrogens is 216 g/mol. The highest BCUT2D eigenvalue weighted by Gasteiger charge is 2.03. The SMILES string of the molecule is Cc1ccccc1NCc1nc(C)c(C)s1. The Morgan fingerprint density at radius 1 is 1.19 bits per heavy atom. The van der Waals surface area contributed by atoms with Gasteiger partial charge in [-0.1, -0.05) is 18.2 Å². The minimum Gasteiger partial charge on any atom is -0.378 e. The van der Waals surface area contributed by atoms with Gasteiger partial charge in [-0.15, -0.1) is 11.3 Å². The number of anilines is 1. The van der Waals surface area contributed by atoms with Crippen LogP contribution in [-0.4, -0.2) is 4.98 Å². The van der Waals surface area contributed by atoms with Crippen LogP contribution in [0.5, 0.6) is 0 Å². The highest BCUT2D eigenvalue weighted by Crippen LogP contribution is 2.19. The third-order valence-electron chi connectivity index (χ3n) is 2.65. The van der Waals surface area contributed by atoms with Crippen molar-refractivity contribution in [3.05, 3.63) is 45.4 Å². The van der Waals surface area contributed by atoms with E-state index in [4.69, 9.17) is 0 Å². The molecule has 0 radical (unpaired) electrons. The minimum absolute atomic E-state index is 0.810. The van der Waals surface area contributed by atoms with Gasteiger partial charge in [0.1, 0.15) is 5.01 Å². The third-order valence-corrected chi connectivity index (χ3v) is 3.72. The van der Waals surface area contributed by atoms with Gasteiger partial charge in [-0.05, 0) is 32.4 Å². The molecule has 0 aliphatic carbocycles. The van der Waals surface area contributed by atoms with Gasteiger partial charge in [0.25, 0.3) is 0 Å². The van der Waals surface area contributed by atoms with Gasteiger partial charge in [-0.3, -0.25) is 0 Å². The Bertz CT molecular complexity index is 469. The number of aryl methyl sites for hydroxylation is 3. The maximum Gasteiger partial charge on any atom is 0.112 e. The number of rotatable bonds is 3. The number of hydrogen-bond acceptors (Lipinski definition) is 3. The molecule has 0 saturated heterocycles. The molecule has 1 N–H and O–H groups in total. The van der Waals surface area contributed by atoms with Crippen LogP contribution in [0.25, 0.3) is 0 Å². The number of hydrogen-bond donors (Lipinski definition) is 1. The van der Waals surface area contributed by atoms with Crippen molar-refractivity contribution in [1.29, 1.82) is 0 Å². The van der Waals surface area contributed by atoms with Crippen molar-refractivity contribution < 1.29 is 0 Å². The van der Waals surface area contributed by atoms with Crippen molar-refractivity contribution in [3.8, 4) is 0 Å². The molecule has 2 aromatic rings. The molecule has 84 valence electrons. The molecule has 2 rings (SSSR count). The van der Waals surface area contributed by atoms with Gasteiger partial charge in [-0.2, -0.15) is 0 Å². The Morgan fingerprint density at radius 3 is 2.56 bits per heavy atom. The van der Waals surface area contributed by atoms with E-state index in [2.05, 4.69) is 49.3 Å². The molecule has 0 unspecified atom stereocenters. The molecule has 16 heavy (non-hydrogen) atoms. The Balaban J connectivity index is 2.05. The standard InChI is InChI=1S/C13H16N2S/c1-9-6-4-5-7-12(9)14-8-13-15-10(2)11(3)16-13/h4-7,14H,8H2,1-3H3. The van der Waals surface area contributed by atoms with Crippen LogP contribution in [0.2, 0.25) is 0 Å². The number of thiazole rings is 1. The lowest BCUT2D eigenvalue weighted by atomic mass is 10.2. The maximum absolute atomic E-state index is 4.51. The zero-order valence-electron chi connectivity index (χ0n) is 9.87. The molecule has 1 aromatic heterocycles. The summed E-state index contributed by atoms with van der Waals surface area (Å²) in [7, 11) is 0. The molecule has 2 nitrogen and oxygen atoms in total. The highest BCUT2D eigenvalue weighted by atomic mass is 32.1. The minimum atomic E-state index is 0.810. The molecule has 0 saturated carbocycles. The molecule has 0 aliphatic rings. The van der Waals surface area contributed by atoms with E-state index in [-0.39, 0.29) is 0 Å². The van der Waals surface area contributed by atoms with Crippen LogP contribution in [0, 0.1) is 20.8 Å². The van der Waals surface area contributed by atoms with Gasteiger partial charge in [0.05, 0.1) is 12.2 Å². The monoisotopic (exact) mass is 232 g/mol. The van der Waals surface area contributed by atoms with Crippen molar-refractivity contribution in [2.45, 2.75) is 27.3 Å². The number of para-hydroxylation sites is 1. The molecule has 1 heterocycles. The number of nitrogens with zero attached hydrogens (tertiary/aromatic N) is 1. The Morgan fingerprint density at radius 2 is 1.94 bits per heavy atom. The lowest BCUT2D eigenvalue weighted by molar-refractivity contribution is 1.07. The van der Waals surface area contributed by atoms with Crippen LogP contribution in [0.4, 0.5) is 5.69 Å². The van der Waals surface area contributed by atoms with Crippen molar-refractivity contribution >= 4 is 17.0 Å². The molecule has 0 bridgehead atoms. The van der Waals surface area contributed by atoms with E-state index >= 15 is 0 Å². The van der Waals surface area contributed by atoms with Gasteiger partial charge in [0.15, 0.2) is 0 Å². The maximum atomic E-state index is 4.51. The summed E-state index contributed by atoms with van der Waals surface area (Å²) in [5.41, 5.74) is 3.60. The number of nitrogens with one attached hydrogen (secondary N) is 1. The Labute approximate surface area is 100 Å². The number of aromatic nitrogens is 1. The largest absolute Gasteiger partial charge is 0.378 e. The Kier molecular flexibility index (Phi) is 3.25. The smallest absolute Gasteiger partial charge is 0.112 e. The molecule has 0 spiro atoms. The van der Waals surface area contributed by atoms with Gasteiger partial charge in [-0.25, -0.2) is 4.98 Å². The fraction of sp³-hybridized carbons (Fsp3) is 0.308. The first kappa shape index (κ1) is 11.1. The Hall–Kier alpha value is -1.35. The average molecular weight is 232 g/mol. The summed E-state index contributed by atoms with van der Waals surface area (Å²) >= 11 is 1.77. The first-order valence-electron chi connectivity index (χ1n) is 5.39. The van der Waals surface area contributed by atoms with Crippen molar-refractivity contribution in [2.24, 2.45) is 0 Å². The average Bonchev–Trinajstić information content (AvgIpc) is 2.57. The van der Waals surface area contributed by atoms with Crippen molar-refractivity contribution in [3.63, 3.8) is 0 Å². The summed E-state index contributed by atoms with van der Waals surface area (Å²) in [5, 5.41) is 4.57. The summed E-state index contributed by atoms with van der Waals surface area (Å²) in [6.45, 7) is 7.10. The summed E-state index contributed by atoms with van der Waals surface area (Å²) in [6.07, 6.45) is 0. The zero-order chi connectivity index (χ0) is 11.5. The van der Waals surface area contributed by atoms with Crippen molar-refractivity contribution in [1.82, 2.24) is 4.98 Å². The van der Waals surface area contributed by atoms with Gasteiger partial charge in [0.2, 0.25) is 0 Å². The van der Waals surface area contributed by atoms with Crippen LogP contribution in [0.1, 0.15) is 21.1 Å². The second-order valence-electron chi connectivity index (χ2n) is 3.92. The molecule has 1 aromatic carbocycles. The van der Waals surface area contributed by atoms with Gasteiger partial charge in [0, 0.05) is 10.6 Å². The predicted octanol–water partition coefficient (Wildman–Crippen LogP) is 3.68. The molecule has 0 atom stereocenters. The number of benzene rings is 1. The summed E-state index contributed by atoms with van der Waals surface area (Å²) < 4.78 is 0. The van der Waals surface area contributed by atoms with E-state index in [9.17, 15) is 0 Å². The lowest BCUT2D eigenvalue weighted by Crippen LogP contribution is -2.00.